The number of hydrogen-bond donors (Lipinski definition) is 0. The van der Waals surface area contributed by atoms with Crippen LogP contribution in [0.3, 0.4) is 0 Å². The van der Waals surface area contributed by atoms with Gasteiger partial charge in [0, 0.05) is 24.2 Å². The first-order valence-electron chi connectivity index (χ1n) is 10.2. The van der Waals surface area contributed by atoms with E-state index in [1.54, 1.807) is 27.0 Å². The van der Waals surface area contributed by atoms with Crippen LogP contribution in [0.15, 0.2) is 27.5 Å². The lowest BCUT2D eigenvalue weighted by Gasteiger charge is -2.31. The van der Waals surface area contributed by atoms with Crippen LogP contribution >= 0.6 is 11.6 Å². The Hall–Kier alpha value is -3.44. The van der Waals surface area contributed by atoms with Gasteiger partial charge in [0.2, 0.25) is 5.95 Å². The van der Waals surface area contributed by atoms with Gasteiger partial charge in [-0.25, -0.2) is 19.3 Å². The molecule has 0 radical (unpaired) electrons. The number of ether oxygens (including phenoxy) is 1. The summed E-state index contributed by atoms with van der Waals surface area (Å²) in [4.78, 5) is 32.7. The van der Waals surface area contributed by atoms with Crippen molar-refractivity contribution in [3.05, 3.63) is 56.9 Å². The van der Waals surface area contributed by atoms with Gasteiger partial charge in [-0.1, -0.05) is 16.8 Å². The van der Waals surface area contributed by atoms with Gasteiger partial charge in [0.25, 0.3) is 11.4 Å². The molecule has 1 atom stereocenters. The molecule has 170 valence electrons. The maximum absolute atomic E-state index is 14.9. The van der Waals surface area contributed by atoms with Crippen molar-refractivity contribution >= 4 is 28.6 Å². The van der Waals surface area contributed by atoms with Gasteiger partial charge in [0.15, 0.2) is 17.4 Å². The lowest BCUT2D eigenvalue weighted by Crippen LogP contribution is -2.39. The van der Waals surface area contributed by atoms with E-state index in [1.165, 1.54) is 16.7 Å². The van der Waals surface area contributed by atoms with Crippen LogP contribution in [0.5, 0.6) is 0 Å². The Morgan fingerprint density at radius 1 is 1.15 bits per heavy atom. The van der Waals surface area contributed by atoms with Crippen molar-refractivity contribution in [3.63, 3.8) is 0 Å². The maximum atomic E-state index is 14.9. The number of anilines is 1. The molecule has 4 aromatic rings. The summed E-state index contributed by atoms with van der Waals surface area (Å²) in [5.41, 5.74) is 0.341. The SMILES string of the molecule is Cc1noc(C2CN(c3nc(-c4ccc(Cl)cc4F)c4nc(C)n(C)c(=O)c4n3)CCO2)n1. The molecule has 0 spiro atoms. The third-order valence-electron chi connectivity index (χ3n) is 5.49. The Labute approximate surface area is 192 Å². The normalized spacial score (nSPS) is 16.5. The summed E-state index contributed by atoms with van der Waals surface area (Å²) in [7, 11) is 1.61. The molecule has 1 aromatic carbocycles. The zero-order valence-corrected chi connectivity index (χ0v) is 18.8. The van der Waals surface area contributed by atoms with Gasteiger partial charge in [0.1, 0.15) is 22.9 Å². The minimum Gasteiger partial charge on any atom is -0.365 e. The molecule has 0 aliphatic carbocycles. The smallest absolute Gasteiger partial charge is 0.279 e. The summed E-state index contributed by atoms with van der Waals surface area (Å²) in [6.07, 6.45) is -0.492. The summed E-state index contributed by atoms with van der Waals surface area (Å²) in [6, 6.07) is 4.27. The number of hydrogen-bond acceptors (Lipinski definition) is 9. The van der Waals surface area contributed by atoms with Crippen molar-refractivity contribution in [2.75, 3.05) is 24.6 Å². The van der Waals surface area contributed by atoms with Crippen molar-refractivity contribution in [1.29, 1.82) is 0 Å². The number of aromatic nitrogens is 6. The summed E-state index contributed by atoms with van der Waals surface area (Å²) in [6.45, 7) is 4.53. The molecule has 33 heavy (non-hydrogen) atoms. The van der Waals surface area contributed by atoms with Gasteiger partial charge < -0.3 is 14.2 Å². The topological polar surface area (TPSA) is 112 Å². The molecule has 10 nitrogen and oxygen atoms in total. The van der Waals surface area contributed by atoms with Crippen molar-refractivity contribution in [2.45, 2.75) is 20.0 Å². The van der Waals surface area contributed by atoms with Crippen LogP contribution in [0.1, 0.15) is 23.6 Å². The minimum absolute atomic E-state index is 0.0918. The second kappa shape index (κ2) is 8.16. The number of nitrogens with zero attached hydrogens (tertiary/aromatic N) is 7. The van der Waals surface area contributed by atoms with Crippen LogP contribution in [-0.4, -0.2) is 49.4 Å². The lowest BCUT2D eigenvalue weighted by molar-refractivity contribution is 0.0181. The van der Waals surface area contributed by atoms with Gasteiger partial charge in [-0.15, -0.1) is 0 Å². The van der Waals surface area contributed by atoms with Crippen molar-refractivity contribution in [3.8, 4) is 11.3 Å². The first-order valence-corrected chi connectivity index (χ1v) is 10.6. The standard InChI is InChI=1S/C21H19ClFN7O3/c1-10-24-19(33-28-10)15-9-30(6-7-32-15)21-26-16(13-5-4-12(22)8-14(13)23)17-18(27-21)20(31)29(3)11(2)25-17/h4-5,8,15H,6-7,9H2,1-3H3. The van der Waals surface area contributed by atoms with Gasteiger partial charge >= 0.3 is 0 Å². The molecule has 5 rings (SSSR count). The third-order valence-corrected chi connectivity index (χ3v) is 5.73. The molecule has 1 unspecified atom stereocenters. The van der Waals surface area contributed by atoms with Crippen LogP contribution in [0.4, 0.5) is 10.3 Å². The molecule has 0 saturated carbocycles. The second-order valence-corrected chi connectivity index (χ2v) is 8.14. The number of rotatable bonds is 3. The fourth-order valence-corrected chi connectivity index (χ4v) is 3.83. The summed E-state index contributed by atoms with van der Waals surface area (Å²) in [5, 5.41) is 4.06. The van der Waals surface area contributed by atoms with Crippen LogP contribution < -0.4 is 10.5 Å². The van der Waals surface area contributed by atoms with Crippen molar-refractivity contribution in [2.24, 2.45) is 7.05 Å². The second-order valence-electron chi connectivity index (χ2n) is 7.70. The molecule has 1 saturated heterocycles. The van der Waals surface area contributed by atoms with Crippen molar-refractivity contribution < 1.29 is 13.7 Å². The Bertz CT molecular complexity index is 1440. The van der Waals surface area contributed by atoms with E-state index < -0.39 is 11.9 Å². The molecule has 12 heteroatoms. The summed E-state index contributed by atoms with van der Waals surface area (Å²) in [5.74, 6) is 0.972. The molecular formula is C21H19ClFN7O3. The van der Waals surface area contributed by atoms with E-state index >= 15 is 0 Å². The number of aryl methyl sites for hydroxylation is 2. The van der Waals surface area contributed by atoms with Crippen LogP contribution in [0, 0.1) is 19.7 Å². The highest BCUT2D eigenvalue weighted by molar-refractivity contribution is 6.30. The Morgan fingerprint density at radius 2 is 1.97 bits per heavy atom. The summed E-state index contributed by atoms with van der Waals surface area (Å²) >= 11 is 5.94. The fraction of sp³-hybridized carbons (Fsp3) is 0.333. The van der Waals surface area contributed by atoms with E-state index in [1.807, 2.05) is 4.90 Å². The molecule has 0 bridgehead atoms. The highest BCUT2D eigenvalue weighted by Crippen LogP contribution is 2.31. The largest absolute Gasteiger partial charge is 0.365 e. The Morgan fingerprint density at radius 3 is 2.70 bits per heavy atom. The van der Waals surface area contributed by atoms with Crippen LogP contribution in [-0.2, 0) is 11.8 Å². The minimum atomic E-state index is -0.574. The zero-order chi connectivity index (χ0) is 23.3. The molecule has 1 aliphatic heterocycles. The summed E-state index contributed by atoms with van der Waals surface area (Å²) < 4.78 is 27.3. The van der Waals surface area contributed by atoms with Gasteiger partial charge in [-0.2, -0.15) is 4.98 Å². The molecule has 1 fully saturated rings. The third kappa shape index (κ3) is 3.83. The molecule has 4 heterocycles. The zero-order valence-electron chi connectivity index (χ0n) is 18.0. The first kappa shape index (κ1) is 21.4. The number of fused-ring (bicyclic) bond motifs is 1. The number of benzene rings is 1. The van der Waals surface area contributed by atoms with E-state index in [2.05, 4.69) is 25.1 Å². The van der Waals surface area contributed by atoms with Gasteiger partial charge in [-0.3, -0.25) is 9.36 Å². The molecule has 0 N–H and O–H groups in total. The fourth-order valence-electron chi connectivity index (χ4n) is 3.68. The van der Waals surface area contributed by atoms with Crippen molar-refractivity contribution in [1.82, 2.24) is 29.7 Å². The Balaban J connectivity index is 1.67. The van der Waals surface area contributed by atoms with Crippen LogP contribution in [0.25, 0.3) is 22.3 Å². The van der Waals surface area contributed by atoms with E-state index in [9.17, 15) is 9.18 Å². The maximum Gasteiger partial charge on any atom is 0.279 e. The monoisotopic (exact) mass is 471 g/mol. The number of morpholine rings is 1. The highest BCUT2D eigenvalue weighted by atomic mass is 35.5. The van der Waals surface area contributed by atoms with E-state index in [0.717, 1.165) is 0 Å². The van der Waals surface area contributed by atoms with Crippen LogP contribution in [0.2, 0.25) is 5.02 Å². The van der Waals surface area contributed by atoms with E-state index in [-0.39, 0.29) is 38.8 Å². The molecular weight excluding hydrogens is 453 g/mol. The Kier molecular flexibility index (Phi) is 5.29. The van der Waals surface area contributed by atoms with E-state index in [4.69, 9.17) is 20.9 Å². The predicted octanol–water partition coefficient (Wildman–Crippen LogP) is 2.76. The lowest BCUT2D eigenvalue weighted by atomic mass is 10.1. The predicted molar refractivity (Wildman–Crippen MR) is 118 cm³/mol. The molecule has 0 amide bonds. The molecule has 1 aliphatic rings. The highest BCUT2D eigenvalue weighted by Gasteiger charge is 2.29. The average Bonchev–Trinajstić information content (AvgIpc) is 3.24. The average molecular weight is 472 g/mol. The molecule has 3 aromatic heterocycles. The number of halogens is 2. The van der Waals surface area contributed by atoms with Gasteiger partial charge in [-0.05, 0) is 32.0 Å². The first-order chi connectivity index (χ1) is 15.8. The quantitative estimate of drug-likeness (QED) is 0.445. The van der Waals surface area contributed by atoms with Gasteiger partial charge in [0.05, 0.1) is 13.2 Å². The van der Waals surface area contributed by atoms with E-state index in [0.29, 0.717) is 37.2 Å².